The molecule has 266 valence electrons. The van der Waals surface area contributed by atoms with Crippen LogP contribution in [-0.2, 0) is 0 Å². The van der Waals surface area contributed by atoms with Gasteiger partial charge in [0.2, 0.25) is 0 Å². The maximum Gasteiger partial charge on any atom is 0.0549 e. The molecule has 9 aromatic carbocycles. The van der Waals surface area contributed by atoms with Gasteiger partial charge in [0.05, 0.1) is 38.8 Å². The Balaban J connectivity index is 1.18. The highest BCUT2D eigenvalue weighted by molar-refractivity contribution is 6.29. The molecular weight excluding hydrogens is 691 g/mol. The van der Waals surface area contributed by atoms with Crippen LogP contribution in [0.4, 0.5) is 0 Å². The van der Waals surface area contributed by atoms with Gasteiger partial charge in [0, 0.05) is 49.3 Å². The minimum absolute atomic E-state index is 1.15. The molecule has 0 saturated heterocycles. The standard InChI is InChI=1S/C54H35N3/c1-4-16-36(17-5-1)37-28-30-41(38-29-31-49-45(34-38)42-22-10-13-25-46(42)55(49)39-18-6-2-7-19-39)52(35-37)57-48-27-15-12-24-44(48)54-51(57)33-32-50-53(54)43-23-11-14-26-47(43)56(50)40-20-8-3-9-21-40/h1-35H. The molecule has 0 unspecified atom stereocenters. The van der Waals surface area contributed by atoms with E-state index in [-0.39, 0.29) is 0 Å². The Morgan fingerprint density at radius 1 is 0.246 bits per heavy atom. The topological polar surface area (TPSA) is 14.8 Å². The molecule has 0 radical (unpaired) electrons. The molecule has 0 bridgehead atoms. The highest BCUT2D eigenvalue weighted by Gasteiger charge is 2.23. The number of nitrogens with zero attached hydrogens (tertiary/aromatic N) is 3. The summed E-state index contributed by atoms with van der Waals surface area (Å²) in [6.45, 7) is 0. The van der Waals surface area contributed by atoms with E-state index in [1.165, 1.54) is 87.7 Å². The summed E-state index contributed by atoms with van der Waals surface area (Å²) in [6, 6.07) is 77.4. The van der Waals surface area contributed by atoms with Crippen LogP contribution in [0.5, 0.6) is 0 Å². The van der Waals surface area contributed by atoms with E-state index in [0.717, 1.165) is 17.1 Å². The zero-order valence-corrected chi connectivity index (χ0v) is 31.0. The zero-order chi connectivity index (χ0) is 37.5. The molecule has 0 saturated carbocycles. The van der Waals surface area contributed by atoms with E-state index in [1.54, 1.807) is 0 Å². The van der Waals surface area contributed by atoms with Gasteiger partial charge in [0.25, 0.3) is 0 Å². The largest absolute Gasteiger partial charge is 0.309 e. The van der Waals surface area contributed by atoms with Crippen molar-refractivity contribution < 1.29 is 0 Å². The summed E-state index contributed by atoms with van der Waals surface area (Å²) in [5, 5.41) is 7.52. The maximum absolute atomic E-state index is 2.51. The lowest BCUT2D eigenvalue weighted by molar-refractivity contribution is 1.17. The fourth-order valence-electron chi connectivity index (χ4n) is 9.40. The summed E-state index contributed by atoms with van der Waals surface area (Å²) in [4.78, 5) is 0. The van der Waals surface area contributed by atoms with Gasteiger partial charge < -0.3 is 13.7 Å². The smallest absolute Gasteiger partial charge is 0.0549 e. The molecule has 0 fully saturated rings. The second kappa shape index (κ2) is 12.5. The minimum Gasteiger partial charge on any atom is -0.309 e. The van der Waals surface area contributed by atoms with E-state index in [1.807, 2.05) is 0 Å². The van der Waals surface area contributed by atoms with Crippen molar-refractivity contribution in [3.8, 4) is 39.3 Å². The van der Waals surface area contributed by atoms with Gasteiger partial charge in [-0.15, -0.1) is 0 Å². The van der Waals surface area contributed by atoms with Crippen molar-refractivity contribution in [2.45, 2.75) is 0 Å². The van der Waals surface area contributed by atoms with E-state index >= 15 is 0 Å². The van der Waals surface area contributed by atoms with E-state index < -0.39 is 0 Å². The Kier molecular flexibility index (Phi) is 6.93. The molecule has 0 aliphatic carbocycles. The number of aromatic nitrogens is 3. The molecule has 12 aromatic rings. The third-order valence-electron chi connectivity index (χ3n) is 11.8. The fourth-order valence-corrected chi connectivity index (χ4v) is 9.40. The van der Waals surface area contributed by atoms with Crippen molar-refractivity contribution >= 4 is 65.4 Å². The van der Waals surface area contributed by atoms with Crippen LogP contribution in [0.1, 0.15) is 0 Å². The Bertz CT molecular complexity index is 3500. The summed E-state index contributed by atoms with van der Waals surface area (Å²) >= 11 is 0. The number of hydrogen-bond donors (Lipinski definition) is 0. The first-order valence-corrected chi connectivity index (χ1v) is 19.6. The SMILES string of the molecule is c1ccc(-c2ccc(-c3ccc4c(c3)c3ccccc3n4-c3ccccc3)c(-n3c4ccccc4c4c5c6ccccc6n(-c6ccccc6)c5ccc43)c2)cc1. The number of benzene rings is 9. The molecule has 0 spiro atoms. The lowest BCUT2D eigenvalue weighted by Crippen LogP contribution is -1.99. The molecule has 0 atom stereocenters. The quantitative estimate of drug-likeness (QED) is 0.168. The van der Waals surface area contributed by atoms with Crippen LogP contribution < -0.4 is 0 Å². The van der Waals surface area contributed by atoms with Crippen LogP contribution in [0.2, 0.25) is 0 Å². The van der Waals surface area contributed by atoms with Crippen molar-refractivity contribution in [1.29, 1.82) is 0 Å². The van der Waals surface area contributed by atoms with Gasteiger partial charge in [-0.25, -0.2) is 0 Å². The Morgan fingerprint density at radius 2 is 0.684 bits per heavy atom. The average molecular weight is 726 g/mol. The van der Waals surface area contributed by atoms with Crippen LogP contribution in [0.15, 0.2) is 212 Å². The van der Waals surface area contributed by atoms with E-state index in [2.05, 4.69) is 226 Å². The summed E-state index contributed by atoms with van der Waals surface area (Å²) < 4.78 is 7.31. The van der Waals surface area contributed by atoms with Crippen LogP contribution in [0, 0.1) is 0 Å². The number of hydrogen-bond acceptors (Lipinski definition) is 0. The van der Waals surface area contributed by atoms with Gasteiger partial charge in [0.1, 0.15) is 0 Å². The summed E-state index contributed by atoms with van der Waals surface area (Å²) in [6.07, 6.45) is 0. The van der Waals surface area contributed by atoms with Gasteiger partial charge in [-0.2, -0.15) is 0 Å². The van der Waals surface area contributed by atoms with Crippen LogP contribution in [-0.4, -0.2) is 13.7 Å². The molecule has 3 nitrogen and oxygen atoms in total. The normalized spacial score (nSPS) is 11.9. The van der Waals surface area contributed by atoms with Crippen LogP contribution in [0.25, 0.3) is 105 Å². The monoisotopic (exact) mass is 725 g/mol. The summed E-state index contributed by atoms with van der Waals surface area (Å²) in [5.41, 5.74) is 15.4. The van der Waals surface area contributed by atoms with E-state index in [4.69, 9.17) is 0 Å². The second-order valence-corrected chi connectivity index (χ2v) is 14.9. The Morgan fingerprint density at radius 3 is 1.32 bits per heavy atom. The van der Waals surface area contributed by atoms with Crippen molar-refractivity contribution in [2.24, 2.45) is 0 Å². The molecule has 0 aliphatic rings. The Hall–Kier alpha value is -7.62. The van der Waals surface area contributed by atoms with Gasteiger partial charge in [-0.3, -0.25) is 0 Å². The third kappa shape index (κ3) is 4.73. The lowest BCUT2D eigenvalue weighted by atomic mass is 9.96. The highest BCUT2D eigenvalue weighted by atomic mass is 15.0. The summed E-state index contributed by atoms with van der Waals surface area (Å²) in [5.74, 6) is 0. The Labute approximate surface area is 329 Å². The number of para-hydroxylation sites is 5. The highest BCUT2D eigenvalue weighted by Crippen LogP contribution is 2.45. The molecule has 57 heavy (non-hydrogen) atoms. The van der Waals surface area contributed by atoms with Crippen molar-refractivity contribution in [3.63, 3.8) is 0 Å². The van der Waals surface area contributed by atoms with Gasteiger partial charge in [-0.1, -0.05) is 140 Å². The van der Waals surface area contributed by atoms with Crippen LogP contribution in [0.3, 0.4) is 0 Å². The number of rotatable bonds is 5. The molecular formula is C54H35N3. The molecule has 12 rings (SSSR count). The van der Waals surface area contributed by atoms with Crippen LogP contribution >= 0.6 is 0 Å². The predicted octanol–water partition coefficient (Wildman–Crippen LogP) is 14.3. The minimum atomic E-state index is 1.15. The maximum atomic E-state index is 2.51. The second-order valence-electron chi connectivity index (χ2n) is 14.9. The molecule has 3 aromatic heterocycles. The fraction of sp³-hybridized carbons (Fsp3) is 0. The number of fused-ring (bicyclic) bond motifs is 10. The molecule has 0 N–H and O–H groups in total. The predicted molar refractivity (Wildman–Crippen MR) is 240 cm³/mol. The van der Waals surface area contributed by atoms with Crippen molar-refractivity contribution in [2.75, 3.05) is 0 Å². The molecule has 3 heteroatoms. The van der Waals surface area contributed by atoms with E-state index in [9.17, 15) is 0 Å². The average Bonchev–Trinajstić information content (AvgIpc) is 3.92. The van der Waals surface area contributed by atoms with E-state index in [0.29, 0.717) is 0 Å². The van der Waals surface area contributed by atoms with Crippen molar-refractivity contribution in [3.05, 3.63) is 212 Å². The zero-order valence-electron chi connectivity index (χ0n) is 31.0. The van der Waals surface area contributed by atoms with Gasteiger partial charge >= 0.3 is 0 Å². The summed E-state index contributed by atoms with van der Waals surface area (Å²) in [7, 11) is 0. The molecule has 0 aliphatic heterocycles. The van der Waals surface area contributed by atoms with Crippen molar-refractivity contribution in [1.82, 2.24) is 13.7 Å². The first-order chi connectivity index (χ1) is 28.3. The third-order valence-corrected chi connectivity index (χ3v) is 11.8. The van der Waals surface area contributed by atoms with Gasteiger partial charge in [0.15, 0.2) is 0 Å². The molecule has 0 amide bonds. The molecule has 3 heterocycles. The first-order valence-electron chi connectivity index (χ1n) is 19.6. The lowest BCUT2D eigenvalue weighted by Gasteiger charge is -2.17. The van der Waals surface area contributed by atoms with Gasteiger partial charge in [-0.05, 0) is 89.5 Å². The first kappa shape index (κ1) is 31.7.